The molecule has 0 saturated carbocycles. The Morgan fingerprint density at radius 2 is 2.12 bits per heavy atom. The molecular formula is C14H18N2S. The van der Waals surface area contributed by atoms with Gasteiger partial charge in [-0.25, -0.2) is 4.98 Å². The number of hydrogen-bond acceptors (Lipinski definition) is 3. The maximum absolute atomic E-state index is 4.49. The summed E-state index contributed by atoms with van der Waals surface area (Å²) in [5.41, 5.74) is 3.95. The second kappa shape index (κ2) is 5.82. The molecule has 0 amide bonds. The van der Waals surface area contributed by atoms with E-state index in [4.69, 9.17) is 0 Å². The van der Waals surface area contributed by atoms with Crippen molar-refractivity contribution in [3.05, 3.63) is 46.5 Å². The van der Waals surface area contributed by atoms with Gasteiger partial charge >= 0.3 is 0 Å². The Kier molecular flexibility index (Phi) is 4.15. The van der Waals surface area contributed by atoms with E-state index in [1.165, 1.54) is 16.8 Å². The van der Waals surface area contributed by atoms with Crippen LogP contribution in [0.2, 0.25) is 0 Å². The Balaban J connectivity index is 1.85. The first-order chi connectivity index (χ1) is 8.29. The molecule has 0 saturated heterocycles. The number of hydrogen-bond donors (Lipinski definition) is 1. The third-order valence-electron chi connectivity index (χ3n) is 2.85. The smallest absolute Gasteiger partial charge is 0.182 e. The van der Waals surface area contributed by atoms with E-state index >= 15 is 0 Å². The van der Waals surface area contributed by atoms with Crippen LogP contribution in [0.4, 0.5) is 5.13 Å². The summed E-state index contributed by atoms with van der Waals surface area (Å²) in [4.78, 5) is 4.49. The van der Waals surface area contributed by atoms with E-state index in [1.807, 2.05) is 0 Å². The number of thiazole rings is 1. The molecule has 0 fully saturated rings. The molecule has 0 aliphatic heterocycles. The van der Waals surface area contributed by atoms with E-state index in [9.17, 15) is 0 Å². The molecule has 0 aliphatic rings. The highest BCUT2D eigenvalue weighted by molar-refractivity contribution is 7.13. The second-order valence-corrected chi connectivity index (χ2v) is 4.96. The van der Waals surface area contributed by atoms with Crippen LogP contribution in [0.3, 0.4) is 0 Å². The molecular weight excluding hydrogens is 228 g/mol. The van der Waals surface area contributed by atoms with Crippen molar-refractivity contribution in [2.45, 2.75) is 26.7 Å². The largest absolute Gasteiger partial charge is 0.361 e. The minimum atomic E-state index is 0.946. The fourth-order valence-electron chi connectivity index (χ4n) is 1.75. The van der Waals surface area contributed by atoms with E-state index in [1.54, 1.807) is 11.3 Å². The van der Waals surface area contributed by atoms with Gasteiger partial charge in [-0.1, -0.05) is 31.2 Å². The lowest BCUT2D eigenvalue weighted by Gasteiger charge is -2.05. The number of anilines is 1. The topological polar surface area (TPSA) is 24.9 Å². The molecule has 1 heterocycles. The zero-order valence-electron chi connectivity index (χ0n) is 10.4. The SMILES string of the molecule is CCc1csc(NCCc2ccccc2C)n1. The summed E-state index contributed by atoms with van der Waals surface area (Å²) in [5, 5.41) is 6.54. The molecule has 0 atom stereocenters. The average molecular weight is 246 g/mol. The molecule has 1 aromatic heterocycles. The number of aryl methyl sites for hydroxylation is 2. The Bertz CT molecular complexity index is 477. The van der Waals surface area contributed by atoms with Gasteiger partial charge in [-0.2, -0.15) is 0 Å². The van der Waals surface area contributed by atoms with Gasteiger partial charge in [0.15, 0.2) is 5.13 Å². The fourth-order valence-corrected chi connectivity index (χ4v) is 2.57. The molecule has 0 aliphatic carbocycles. The summed E-state index contributed by atoms with van der Waals surface area (Å²) in [5.74, 6) is 0. The maximum atomic E-state index is 4.49. The van der Waals surface area contributed by atoms with E-state index < -0.39 is 0 Å². The van der Waals surface area contributed by atoms with Gasteiger partial charge in [0.25, 0.3) is 0 Å². The van der Waals surface area contributed by atoms with Gasteiger partial charge in [-0.15, -0.1) is 11.3 Å². The third-order valence-corrected chi connectivity index (χ3v) is 3.69. The maximum Gasteiger partial charge on any atom is 0.182 e. The van der Waals surface area contributed by atoms with Crippen LogP contribution >= 0.6 is 11.3 Å². The number of rotatable bonds is 5. The van der Waals surface area contributed by atoms with Crippen LogP contribution in [-0.2, 0) is 12.8 Å². The van der Waals surface area contributed by atoms with Crippen LogP contribution in [0, 0.1) is 6.92 Å². The monoisotopic (exact) mass is 246 g/mol. The molecule has 17 heavy (non-hydrogen) atoms. The molecule has 2 rings (SSSR count). The van der Waals surface area contributed by atoms with Gasteiger partial charge in [0.05, 0.1) is 5.69 Å². The van der Waals surface area contributed by atoms with E-state index in [0.29, 0.717) is 0 Å². The van der Waals surface area contributed by atoms with E-state index in [0.717, 1.165) is 24.5 Å². The minimum Gasteiger partial charge on any atom is -0.361 e. The lowest BCUT2D eigenvalue weighted by Crippen LogP contribution is -2.05. The number of nitrogens with one attached hydrogen (secondary N) is 1. The molecule has 0 bridgehead atoms. The molecule has 2 aromatic rings. The summed E-state index contributed by atoms with van der Waals surface area (Å²) in [6.07, 6.45) is 2.06. The first kappa shape index (κ1) is 12.1. The highest BCUT2D eigenvalue weighted by Gasteiger charge is 2.00. The third kappa shape index (κ3) is 3.30. The van der Waals surface area contributed by atoms with Gasteiger partial charge in [0.2, 0.25) is 0 Å². The molecule has 90 valence electrons. The van der Waals surface area contributed by atoms with Crippen molar-refractivity contribution in [1.82, 2.24) is 4.98 Å². The average Bonchev–Trinajstić information content (AvgIpc) is 2.80. The molecule has 2 nitrogen and oxygen atoms in total. The molecule has 0 radical (unpaired) electrons. The fraction of sp³-hybridized carbons (Fsp3) is 0.357. The van der Waals surface area contributed by atoms with Crippen molar-refractivity contribution >= 4 is 16.5 Å². The quantitative estimate of drug-likeness (QED) is 0.870. The number of benzene rings is 1. The summed E-state index contributed by atoms with van der Waals surface area (Å²) in [7, 11) is 0. The van der Waals surface area contributed by atoms with Crippen molar-refractivity contribution in [2.75, 3.05) is 11.9 Å². The van der Waals surface area contributed by atoms with Crippen molar-refractivity contribution < 1.29 is 0 Å². The second-order valence-electron chi connectivity index (χ2n) is 4.10. The minimum absolute atomic E-state index is 0.946. The lowest BCUT2D eigenvalue weighted by atomic mass is 10.1. The first-order valence-corrected chi connectivity index (χ1v) is 6.90. The number of nitrogens with zero attached hydrogens (tertiary/aromatic N) is 1. The summed E-state index contributed by atoms with van der Waals surface area (Å²) >= 11 is 1.69. The molecule has 1 N–H and O–H groups in total. The summed E-state index contributed by atoms with van der Waals surface area (Å²) in [6.45, 7) is 5.24. The van der Waals surface area contributed by atoms with Crippen molar-refractivity contribution in [3.8, 4) is 0 Å². The molecule has 0 spiro atoms. The highest BCUT2D eigenvalue weighted by Crippen LogP contribution is 2.16. The zero-order chi connectivity index (χ0) is 12.1. The Morgan fingerprint density at radius 3 is 2.82 bits per heavy atom. The standard InChI is InChI=1S/C14H18N2S/c1-3-13-10-17-14(16-13)15-9-8-12-7-5-4-6-11(12)2/h4-7,10H,3,8-9H2,1-2H3,(H,15,16). The van der Waals surface area contributed by atoms with Crippen LogP contribution in [0.5, 0.6) is 0 Å². The lowest BCUT2D eigenvalue weighted by molar-refractivity contribution is 0.990. The number of aromatic nitrogens is 1. The highest BCUT2D eigenvalue weighted by atomic mass is 32.1. The van der Waals surface area contributed by atoms with Gasteiger partial charge in [0, 0.05) is 11.9 Å². The van der Waals surface area contributed by atoms with Crippen LogP contribution in [0.25, 0.3) is 0 Å². The summed E-state index contributed by atoms with van der Waals surface area (Å²) in [6, 6.07) is 8.53. The van der Waals surface area contributed by atoms with Crippen molar-refractivity contribution in [1.29, 1.82) is 0 Å². The zero-order valence-corrected chi connectivity index (χ0v) is 11.2. The van der Waals surface area contributed by atoms with Crippen molar-refractivity contribution in [3.63, 3.8) is 0 Å². The molecule has 0 unspecified atom stereocenters. The van der Waals surface area contributed by atoms with Gasteiger partial charge in [-0.05, 0) is 30.9 Å². The van der Waals surface area contributed by atoms with Crippen LogP contribution < -0.4 is 5.32 Å². The molecule has 3 heteroatoms. The van der Waals surface area contributed by atoms with Crippen LogP contribution in [0.1, 0.15) is 23.7 Å². The van der Waals surface area contributed by atoms with E-state index in [2.05, 4.69) is 53.8 Å². The summed E-state index contributed by atoms with van der Waals surface area (Å²) < 4.78 is 0. The Morgan fingerprint density at radius 1 is 1.29 bits per heavy atom. The van der Waals surface area contributed by atoms with Crippen molar-refractivity contribution in [2.24, 2.45) is 0 Å². The Hall–Kier alpha value is -1.35. The van der Waals surface area contributed by atoms with Crippen LogP contribution in [0.15, 0.2) is 29.6 Å². The first-order valence-electron chi connectivity index (χ1n) is 6.02. The molecule has 1 aromatic carbocycles. The van der Waals surface area contributed by atoms with Gasteiger partial charge < -0.3 is 5.32 Å². The predicted octanol–water partition coefficient (Wildman–Crippen LogP) is 3.67. The predicted molar refractivity (Wildman–Crippen MR) is 74.9 cm³/mol. The van der Waals surface area contributed by atoms with Crippen LogP contribution in [-0.4, -0.2) is 11.5 Å². The Labute approximate surface area is 107 Å². The normalized spacial score (nSPS) is 10.5. The van der Waals surface area contributed by atoms with Gasteiger partial charge in [0.1, 0.15) is 0 Å². The van der Waals surface area contributed by atoms with E-state index in [-0.39, 0.29) is 0 Å². The van der Waals surface area contributed by atoms with Gasteiger partial charge in [-0.3, -0.25) is 0 Å².